The molecule has 2 fully saturated rings. The van der Waals surface area contributed by atoms with Crippen molar-refractivity contribution in [1.82, 2.24) is 0 Å². The van der Waals surface area contributed by atoms with Crippen molar-refractivity contribution in [2.75, 3.05) is 0 Å². The molecule has 1 aromatic rings. The predicted octanol–water partition coefficient (Wildman–Crippen LogP) is 3.74. The first-order chi connectivity index (χ1) is 11.6. The molecule has 1 aliphatic carbocycles. The number of allylic oxidation sites excluding steroid dienone is 1. The second kappa shape index (κ2) is 8.74. The Kier molecular flexibility index (Phi) is 7.80. The molecule has 3 rings (SSSR count). The van der Waals surface area contributed by atoms with Gasteiger partial charge in [-0.05, 0) is 36.0 Å². The van der Waals surface area contributed by atoms with Gasteiger partial charge >= 0.3 is 29.6 Å². The average Bonchev–Trinajstić information content (AvgIpc) is 2.90. The summed E-state index contributed by atoms with van der Waals surface area (Å²) in [5.74, 6) is -9.54. The van der Waals surface area contributed by atoms with Crippen LogP contribution in [0.3, 0.4) is 0 Å². The number of fused-ring (bicyclic) bond motifs is 1. The summed E-state index contributed by atoms with van der Waals surface area (Å²) in [5.41, 5.74) is 1.05. The number of hydrogen-bond donors (Lipinski definition) is 0. The Hall–Kier alpha value is 0.920. The van der Waals surface area contributed by atoms with Gasteiger partial charge < -0.3 is 4.52 Å². The predicted molar refractivity (Wildman–Crippen MR) is 94.2 cm³/mol. The summed E-state index contributed by atoms with van der Waals surface area (Å²) in [6.07, 6.45) is 3.02. The number of hydrogen-bond acceptors (Lipinski definition) is 4. The zero-order valence-corrected chi connectivity index (χ0v) is 19.3. The number of benzene rings is 1. The molecule has 0 amide bonds. The minimum atomic E-state index is -2.90. The number of halogens is 5. The quantitative estimate of drug-likeness (QED) is 0.131. The molecule has 1 heterocycles. The largest absolute Gasteiger partial charge is 1.00 e. The van der Waals surface area contributed by atoms with Crippen molar-refractivity contribution in [3.05, 3.63) is 47.3 Å². The van der Waals surface area contributed by atoms with Crippen LogP contribution in [0.5, 0.6) is 0 Å². The van der Waals surface area contributed by atoms with Gasteiger partial charge in [0.1, 0.15) is 4.67 Å². The molecule has 0 aromatic heterocycles. The van der Waals surface area contributed by atoms with Gasteiger partial charge in [0.15, 0.2) is 23.3 Å². The molecule has 0 spiro atoms. The molecule has 0 radical (unpaired) electrons. The van der Waals surface area contributed by atoms with Crippen molar-refractivity contribution >= 4 is 39.2 Å². The van der Waals surface area contributed by atoms with Crippen LogP contribution in [0, 0.1) is 41.1 Å². The van der Waals surface area contributed by atoms with E-state index in [1.807, 2.05) is 6.92 Å². The van der Waals surface area contributed by atoms with Crippen LogP contribution < -0.4 is 29.6 Å². The first-order valence-corrected chi connectivity index (χ1v) is 13.0. The molecule has 1 saturated carbocycles. The van der Waals surface area contributed by atoms with Gasteiger partial charge in [-0.25, -0.2) is 22.0 Å². The summed E-state index contributed by atoms with van der Waals surface area (Å²) in [5, 5.41) is -0.0324. The summed E-state index contributed by atoms with van der Waals surface area (Å²) >= 11 is 7.11. The van der Waals surface area contributed by atoms with Crippen molar-refractivity contribution in [1.29, 1.82) is 0 Å². The molecule has 1 aliphatic heterocycles. The molecule has 11 heteroatoms. The van der Waals surface area contributed by atoms with Crippen LogP contribution in [0.2, 0.25) is 0 Å². The molecule has 138 valence electrons. The molecule has 3 atom stereocenters. The normalized spacial score (nSPS) is 28.5. The maximum Gasteiger partial charge on any atom is 1.00 e. The molecule has 0 unspecified atom stereocenters. The van der Waals surface area contributed by atoms with Crippen LogP contribution in [0.4, 0.5) is 22.0 Å². The van der Waals surface area contributed by atoms with Gasteiger partial charge in [0.25, 0.3) is 0 Å². The Morgan fingerprint density at radius 3 is 2.27 bits per heavy atom. The Labute approximate surface area is 183 Å². The second-order valence-corrected chi connectivity index (χ2v) is 16.2. The molecule has 0 bridgehead atoms. The van der Waals surface area contributed by atoms with Gasteiger partial charge in [0, 0.05) is 0 Å². The Morgan fingerprint density at radius 1 is 1.19 bits per heavy atom. The minimum Gasteiger partial charge on any atom is -0.507 e. The van der Waals surface area contributed by atoms with Gasteiger partial charge in [-0.1, -0.05) is 30.2 Å². The van der Waals surface area contributed by atoms with Crippen molar-refractivity contribution in [2.45, 2.75) is 36.3 Å². The average molecular weight is 454 g/mol. The van der Waals surface area contributed by atoms with Crippen LogP contribution in [-0.4, -0.2) is 5.25 Å². The maximum absolute atomic E-state index is 13.9. The first kappa shape index (κ1) is 23.2. The van der Waals surface area contributed by atoms with Crippen molar-refractivity contribution < 1.29 is 56.0 Å². The zero-order chi connectivity index (χ0) is 18.5. The SMILES string of the molecule is C=C(C)[C@@H]1CC[C-]2O[P@](=S)(Sc3c(F)c(F)c(F)c(F)c3F)S[C@H]2C1.[Na+]. The summed E-state index contributed by atoms with van der Waals surface area (Å²) < 4.78 is 70.6. The zero-order valence-electron chi connectivity index (χ0n) is 14.0. The van der Waals surface area contributed by atoms with Crippen LogP contribution in [0.25, 0.3) is 0 Å². The first-order valence-electron chi connectivity index (χ1n) is 7.33. The van der Waals surface area contributed by atoms with Crippen molar-refractivity contribution in [2.24, 2.45) is 5.92 Å². The Balaban J connectivity index is 0.00000243. The van der Waals surface area contributed by atoms with Crippen LogP contribution in [0.15, 0.2) is 17.0 Å². The molecule has 2 aliphatic rings. The third-order valence-electron chi connectivity index (χ3n) is 4.15. The maximum atomic E-state index is 13.9. The molecule has 1 nitrogen and oxygen atoms in total. The smallest absolute Gasteiger partial charge is 0.507 e. The van der Waals surface area contributed by atoms with E-state index < -0.39 is 38.7 Å². The number of rotatable bonds is 3. The van der Waals surface area contributed by atoms with E-state index >= 15 is 0 Å². The molecular formula is C15H13F5NaOPS3. The van der Waals surface area contributed by atoms with Gasteiger partial charge in [-0.15, -0.1) is 11.4 Å². The third-order valence-corrected chi connectivity index (χ3v) is 12.7. The summed E-state index contributed by atoms with van der Waals surface area (Å²) in [7, 11) is 0. The van der Waals surface area contributed by atoms with Gasteiger partial charge in [-0.2, -0.15) is 12.5 Å². The fourth-order valence-electron chi connectivity index (χ4n) is 2.78. The van der Waals surface area contributed by atoms with E-state index in [2.05, 4.69) is 6.58 Å². The third kappa shape index (κ3) is 4.40. The van der Waals surface area contributed by atoms with E-state index in [-0.39, 0.29) is 34.8 Å². The van der Waals surface area contributed by atoms with E-state index in [1.54, 1.807) is 0 Å². The molecule has 1 saturated heterocycles. The monoisotopic (exact) mass is 454 g/mol. The summed E-state index contributed by atoms with van der Waals surface area (Å²) in [6.45, 7) is 5.89. The van der Waals surface area contributed by atoms with Crippen LogP contribution >= 0.6 is 27.4 Å². The molecule has 1 aromatic carbocycles. The van der Waals surface area contributed by atoms with E-state index in [9.17, 15) is 22.0 Å². The van der Waals surface area contributed by atoms with E-state index in [4.69, 9.17) is 16.3 Å². The topological polar surface area (TPSA) is 9.23 Å². The molecule has 26 heavy (non-hydrogen) atoms. The van der Waals surface area contributed by atoms with Gasteiger partial charge in [0.05, 0.1) is 4.90 Å². The van der Waals surface area contributed by atoms with Crippen molar-refractivity contribution in [3.8, 4) is 0 Å². The van der Waals surface area contributed by atoms with Crippen LogP contribution in [0.1, 0.15) is 26.2 Å². The Bertz CT molecular complexity index is 764. The standard InChI is InChI=1S/C15H13F5OPS3.Na/c1-6(2)7-3-4-8-9(5-7)24-22(23,21-8)25-15-13(19)11(17)10(16)12(18)14(15)20;/h7,9H,1,3-5H2,2H3;/q-1;+1/t7-,9+,22-;/m1./s1. The van der Waals surface area contributed by atoms with E-state index in [1.165, 1.54) is 11.4 Å². The molecule has 0 N–H and O–H groups in total. The van der Waals surface area contributed by atoms with Crippen molar-refractivity contribution in [3.63, 3.8) is 0 Å². The van der Waals surface area contributed by atoms with E-state index in [0.717, 1.165) is 24.5 Å². The van der Waals surface area contributed by atoms with Crippen LogP contribution in [-0.2, 0) is 16.3 Å². The van der Waals surface area contributed by atoms with Gasteiger partial charge in [-0.3, -0.25) is 0 Å². The minimum absolute atomic E-state index is 0. The fraction of sp³-hybridized carbons (Fsp3) is 0.400. The fourth-order valence-corrected chi connectivity index (χ4v) is 12.5. The molecular weight excluding hydrogens is 441 g/mol. The summed E-state index contributed by atoms with van der Waals surface area (Å²) in [6, 6.07) is 0. The second-order valence-electron chi connectivity index (χ2n) is 5.91. The van der Waals surface area contributed by atoms with E-state index in [0.29, 0.717) is 23.7 Å². The summed E-state index contributed by atoms with van der Waals surface area (Å²) in [4.78, 5) is -0.970. The van der Waals surface area contributed by atoms with Gasteiger partial charge in [0.2, 0.25) is 5.82 Å². The Morgan fingerprint density at radius 2 is 1.73 bits per heavy atom.